The largest absolute Gasteiger partial charge is 0.478 e. The lowest BCUT2D eigenvalue weighted by molar-refractivity contribution is -0.126. The van der Waals surface area contributed by atoms with E-state index in [0.717, 1.165) is 18.4 Å². The van der Waals surface area contributed by atoms with Gasteiger partial charge < -0.3 is 26.0 Å². The summed E-state index contributed by atoms with van der Waals surface area (Å²) in [5.41, 5.74) is 7.60. The highest BCUT2D eigenvalue weighted by molar-refractivity contribution is 5.94. The van der Waals surface area contributed by atoms with Crippen LogP contribution >= 0.6 is 0 Å². The van der Waals surface area contributed by atoms with Crippen molar-refractivity contribution < 1.29 is 14.7 Å². The van der Waals surface area contributed by atoms with Gasteiger partial charge in [0, 0.05) is 39.1 Å². The van der Waals surface area contributed by atoms with Gasteiger partial charge in [-0.25, -0.2) is 14.8 Å². The molecule has 1 amide bonds. The first-order valence-electron chi connectivity index (χ1n) is 9.54. The van der Waals surface area contributed by atoms with Gasteiger partial charge in [-0.2, -0.15) is 0 Å². The minimum Gasteiger partial charge on any atom is -0.478 e. The maximum absolute atomic E-state index is 12.6. The number of carboxylic acids is 1. The van der Waals surface area contributed by atoms with Gasteiger partial charge in [0.25, 0.3) is 5.91 Å². The predicted octanol–water partition coefficient (Wildman–Crippen LogP) is 1.62. The molecular formula is C20H26N6O3. The fourth-order valence-corrected chi connectivity index (χ4v) is 3.53. The van der Waals surface area contributed by atoms with Crippen LogP contribution in [0, 0.1) is 0 Å². The topological polar surface area (TPSA) is 124 Å². The molecule has 1 aliphatic carbocycles. The van der Waals surface area contributed by atoms with E-state index < -0.39 is 5.97 Å². The predicted molar refractivity (Wildman–Crippen MR) is 110 cm³/mol. The summed E-state index contributed by atoms with van der Waals surface area (Å²) in [6, 6.07) is 3.33. The Labute approximate surface area is 169 Å². The molecule has 0 aromatic carbocycles. The van der Waals surface area contributed by atoms with Crippen LogP contribution in [0.25, 0.3) is 0 Å². The van der Waals surface area contributed by atoms with Crippen LogP contribution in [0.15, 0.2) is 46.9 Å². The van der Waals surface area contributed by atoms with E-state index in [4.69, 9.17) is 10.8 Å². The van der Waals surface area contributed by atoms with Gasteiger partial charge >= 0.3 is 5.97 Å². The molecule has 0 unspecified atom stereocenters. The number of carbonyl (C=O) groups is 2. The standard InChI is InChI=1S/C20H26N6O3/c1-25(2)18(27)16-9-13(12-26(16)15-5-3-4-6-15)10-23-20(21)24-17-8-7-14(11-22-17)19(28)29/h7-11,15H,3-6,12H2,1-2H3,(H,28,29)(H3,21,22,23,24)/b13-10-. The van der Waals surface area contributed by atoms with Gasteiger partial charge in [-0.1, -0.05) is 12.8 Å². The smallest absolute Gasteiger partial charge is 0.337 e. The van der Waals surface area contributed by atoms with Crippen molar-refractivity contribution in [1.29, 1.82) is 0 Å². The van der Waals surface area contributed by atoms with Gasteiger partial charge in [0.2, 0.25) is 0 Å². The van der Waals surface area contributed by atoms with Crippen LogP contribution in [0.1, 0.15) is 36.0 Å². The number of rotatable bonds is 5. The van der Waals surface area contributed by atoms with Crippen molar-refractivity contribution in [3.63, 3.8) is 0 Å². The summed E-state index contributed by atoms with van der Waals surface area (Å²) in [6.45, 7) is 0.627. The number of aromatic carboxylic acids is 1. The monoisotopic (exact) mass is 398 g/mol. The molecule has 9 nitrogen and oxygen atoms in total. The number of amides is 1. The zero-order chi connectivity index (χ0) is 21.0. The van der Waals surface area contributed by atoms with E-state index in [-0.39, 0.29) is 17.4 Å². The Morgan fingerprint density at radius 2 is 2.07 bits per heavy atom. The van der Waals surface area contributed by atoms with Crippen molar-refractivity contribution in [3.05, 3.63) is 47.4 Å². The molecule has 154 valence electrons. The third-order valence-corrected chi connectivity index (χ3v) is 5.01. The summed E-state index contributed by atoms with van der Waals surface area (Å²) in [5, 5.41) is 11.7. The highest BCUT2D eigenvalue weighted by atomic mass is 16.4. The molecule has 2 aliphatic rings. The molecular weight excluding hydrogens is 372 g/mol. The molecule has 1 fully saturated rings. The lowest BCUT2D eigenvalue weighted by Gasteiger charge is -2.29. The van der Waals surface area contributed by atoms with E-state index in [1.165, 1.54) is 31.2 Å². The van der Waals surface area contributed by atoms with Crippen LogP contribution in [0.5, 0.6) is 0 Å². The second-order valence-corrected chi connectivity index (χ2v) is 7.38. The van der Waals surface area contributed by atoms with Gasteiger partial charge in [0.1, 0.15) is 11.5 Å². The van der Waals surface area contributed by atoms with Crippen LogP contribution in [0.3, 0.4) is 0 Å². The molecule has 2 heterocycles. The molecule has 0 bridgehead atoms. The molecule has 1 saturated carbocycles. The summed E-state index contributed by atoms with van der Waals surface area (Å²) < 4.78 is 0. The second kappa shape index (κ2) is 8.76. The highest BCUT2D eigenvalue weighted by Gasteiger charge is 2.32. The van der Waals surface area contributed by atoms with Crippen molar-refractivity contribution in [2.75, 3.05) is 26.0 Å². The fraction of sp³-hybridized carbons (Fsp3) is 0.400. The maximum Gasteiger partial charge on any atom is 0.337 e. The summed E-state index contributed by atoms with van der Waals surface area (Å²) in [5.74, 6) is -0.537. The van der Waals surface area contributed by atoms with E-state index >= 15 is 0 Å². The molecule has 0 atom stereocenters. The fourth-order valence-electron chi connectivity index (χ4n) is 3.53. The Bertz CT molecular complexity index is 867. The lowest BCUT2D eigenvalue weighted by Crippen LogP contribution is -2.37. The zero-order valence-corrected chi connectivity index (χ0v) is 16.6. The average molecular weight is 398 g/mol. The molecule has 3 rings (SSSR count). The van der Waals surface area contributed by atoms with Crippen LogP contribution < -0.4 is 11.1 Å². The van der Waals surface area contributed by atoms with Crippen LogP contribution in [-0.4, -0.2) is 64.4 Å². The van der Waals surface area contributed by atoms with E-state index in [1.54, 1.807) is 25.2 Å². The first-order valence-corrected chi connectivity index (χ1v) is 9.54. The van der Waals surface area contributed by atoms with Crippen molar-refractivity contribution >= 4 is 23.7 Å². The summed E-state index contributed by atoms with van der Waals surface area (Å²) >= 11 is 0. The summed E-state index contributed by atoms with van der Waals surface area (Å²) in [7, 11) is 3.50. The van der Waals surface area contributed by atoms with Gasteiger partial charge in [-0.05, 0) is 36.6 Å². The molecule has 0 spiro atoms. The third kappa shape index (κ3) is 4.92. The molecule has 0 radical (unpaired) electrons. The molecule has 0 saturated heterocycles. The Balaban J connectivity index is 1.72. The molecule has 9 heteroatoms. The maximum atomic E-state index is 12.6. The van der Waals surface area contributed by atoms with Crippen molar-refractivity contribution in [3.8, 4) is 0 Å². The van der Waals surface area contributed by atoms with E-state index in [1.807, 2.05) is 6.08 Å². The first kappa shape index (κ1) is 20.4. The Hall–Kier alpha value is -3.36. The molecule has 4 N–H and O–H groups in total. The lowest BCUT2D eigenvalue weighted by atomic mass is 10.2. The van der Waals surface area contributed by atoms with Crippen LogP contribution in [0.2, 0.25) is 0 Å². The summed E-state index contributed by atoms with van der Waals surface area (Å²) in [4.78, 5) is 35.4. The number of carboxylic acid groups (broad SMARTS) is 1. The van der Waals surface area contributed by atoms with Crippen molar-refractivity contribution in [2.45, 2.75) is 31.7 Å². The third-order valence-electron chi connectivity index (χ3n) is 5.01. The number of hydrogen-bond donors (Lipinski definition) is 3. The number of nitrogens with zero attached hydrogens (tertiary/aromatic N) is 4. The minimum absolute atomic E-state index is 0.0157. The normalized spacial score (nSPS) is 18.8. The Kier molecular flexibility index (Phi) is 6.16. The van der Waals surface area contributed by atoms with E-state index in [2.05, 4.69) is 20.2 Å². The number of guanidine groups is 1. The Morgan fingerprint density at radius 1 is 1.34 bits per heavy atom. The van der Waals surface area contributed by atoms with Crippen molar-refractivity contribution in [2.24, 2.45) is 10.7 Å². The number of nitrogens with one attached hydrogen (secondary N) is 1. The number of likely N-dealkylation sites (N-methyl/N-ethyl adjacent to an activating group) is 1. The summed E-state index contributed by atoms with van der Waals surface area (Å²) in [6.07, 6.45) is 9.32. The van der Waals surface area contributed by atoms with E-state index in [9.17, 15) is 9.59 Å². The van der Waals surface area contributed by atoms with Crippen molar-refractivity contribution in [1.82, 2.24) is 14.8 Å². The van der Waals surface area contributed by atoms with Gasteiger partial charge in [-0.3, -0.25) is 4.79 Å². The first-order chi connectivity index (χ1) is 13.8. The number of pyridine rings is 1. The van der Waals surface area contributed by atoms with Gasteiger partial charge in [-0.15, -0.1) is 0 Å². The molecule has 1 aromatic heterocycles. The molecule has 1 aliphatic heterocycles. The van der Waals surface area contributed by atoms with Crippen LogP contribution in [0.4, 0.5) is 5.82 Å². The number of aromatic nitrogens is 1. The number of anilines is 1. The average Bonchev–Trinajstić information content (AvgIpc) is 3.35. The second-order valence-electron chi connectivity index (χ2n) is 7.38. The Morgan fingerprint density at radius 3 is 2.66 bits per heavy atom. The SMILES string of the molecule is CN(C)C(=O)C1=C/C(=C/N=C(N)Nc2ccc(C(=O)O)cn2)CN1C1CCCC1. The molecule has 29 heavy (non-hydrogen) atoms. The number of carbonyl (C=O) groups excluding carboxylic acids is 1. The zero-order valence-electron chi connectivity index (χ0n) is 16.6. The number of aliphatic imine (C=N–C) groups is 1. The van der Waals surface area contributed by atoms with Gasteiger partial charge in [0.15, 0.2) is 5.96 Å². The number of nitrogens with two attached hydrogens (primary N) is 1. The number of hydrogen-bond acceptors (Lipinski definition) is 5. The molecule has 1 aromatic rings. The quantitative estimate of drug-likeness (QED) is 0.508. The highest BCUT2D eigenvalue weighted by Crippen LogP contribution is 2.31. The van der Waals surface area contributed by atoms with Crippen LogP contribution in [-0.2, 0) is 4.79 Å². The minimum atomic E-state index is -1.04. The van der Waals surface area contributed by atoms with E-state index in [0.29, 0.717) is 24.1 Å². The van der Waals surface area contributed by atoms with Gasteiger partial charge in [0.05, 0.1) is 5.56 Å².